The monoisotopic (exact) mass is 420 g/mol. The minimum Gasteiger partial charge on any atom is -0.355 e. The molecule has 158 valence electrons. The van der Waals surface area contributed by atoms with Crippen LogP contribution in [0.2, 0.25) is 0 Å². The number of hydrogen-bond donors (Lipinski definition) is 2. The van der Waals surface area contributed by atoms with E-state index in [1.807, 2.05) is 11.8 Å². The molecule has 0 saturated carbocycles. The Balaban J connectivity index is 1.81. The highest BCUT2D eigenvalue weighted by atomic mass is 32.1. The molecule has 3 rings (SSSR count). The zero-order valence-corrected chi connectivity index (χ0v) is 18.2. The maximum atomic E-state index is 13.1. The molecular weight excluding hydrogens is 390 g/mol. The molecule has 1 saturated heterocycles. The SMILES string of the molecule is CCCNC(=O)Cn1cnc2sc(C(=O)N3CC[NH+](CCC)CC3)c(C)c2c1=O. The predicted octanol–water partition coefficient (Wildman–Crippen LogP) is 0.0433. The Morgan fingerprint density at radius 1 is 1.24 bits per heavy atom. The first kappa shape index (κ1) is 21.4. The third-order valence-corrected chi connectivity index (χ3v) is 6.55. The molecule has 2 aromatic rings. The molecule has 2 N–H and O–H groups in total. The average molecular weight is 421 g/mol. The summed E-state index contributed by atoms with van der Waals surface area (Å²) in [5.74, 6) is -0.237. The van der Waals surface area contributed by atoms with Crippen LogP contribution in [-0.2, 0) is 11.3 Å². The van der Waals surface area contributed by atoms with Gasteiger partial charge in [-0.3, -0.25) is 19.0 Å². The quantitative estimate of drug-likeness (QED) is 0.662. The zero-order chi connectivity index (χ0) is 21.0. The fourth-order valence-electron chi connectivity index (χ4n) is 3.72. The first-order chi connectivity index (χ1) is 14.0. The van der Waals surface area contributed by atoms with Crippen molar-refractivity contribution >= 4 is 33.4 Å². The molecule has 0 aromatic carbocycles. The number of carbonyl (C=O) groups is 2. The summed E-state index contributed by atoms with van der Waals surface area (Å²) in [6, 6.07) is 0. The molecule has 1 aliphatic heterocycles. The highest BCUT2D eigenvalue weighted by Gasteiger charge is 2.28. The van der Waals surface area contributed by atoms with Gasteiger partial charge < -0.3 is 15.1 Å². The van der Waals surface area contributed by atoms with Crippen LogP contribution >= 0.6 is 11.3 Å². The van der Waals surface area contributed by atoms with Crippen molar-refractivity contribution in [3.63, 3.8) is 0 Å². The van der Waals surface area contributed by atoms with E-state index in [1.54, 1.807) is 6.92 Å². The van der Waals surface area contributed by atoms with Crippen molar-refractivity contribution in [3.8, 4) is 0 Å². The van der Waals surface area contributed by atoms with Gasteiger partial charge in [0.1, 0.15) is 11.4 Å². The van der Waals surface area contributed by atoms with Crippen LogP contribution in [0.5, 0.6) is 0 Å². The third kappa shape index (κ3) is 4.67. The number of amides is 2. The van der Waals surface area contributed by atoms with Crippen molar-refractivity contribution in [1.82, 2.24) is 19.8 Å². The second kappa shape index (κ2) is 9.49. The first-order valence-corrected chi connectivity index (χ1v) is 11.2. The molecule has 1 fully saturated rings. The molecule has 0 radical (unpaired) electrons. The van der Waals surface area contributed by atoms with Crippen LogP contribution in [0.3, 0.4) is 0 Å². The van der Waals surface area contributed by atoms with Crippen molar-refractivity contribution in [2.45, 2.75) is 40.2 Å². The van der Waals surface area contributed by atoms with Gasteiger partial charge in [-0.05, 0) is 25.3 Å². The minimum atomic E-state index is -0.272. The Bertz CT molecular complexity index is 943. The van der Waals surface area contributed by atoms with Gasteiger partial charge in [-0.1, -0.05) is 13.8 Å². The number of fused-ring (bicyclic) bond motifs is 1. The highest BCUT2D eigenvalue weighted by Crippen LogP contribution is 2.28. The molecule has 0 unspecified atom stereocenters. The molecule has 0 bridgehead atoms. The molecule has 0 aliphatic carbocycles. The van der Waals surface area contributed by atoms with Gasteiger partial charge in [-0.15, -0.1) is 11.3 Å². The minimum absolute atomic E-state index is 0.0207. The van der Waals surface area contributed by atoms with E-state index in [4.69, 9.17) is 0 Å². The smallest absolute Gasteiger partial charge is 0.264 e. The second-order valence-corrected chi connectivity index (χ2v) is 8.56. The standard InChI is InChI=1S/C20H29N5O3S/c1-4-6-21-15(26)12-25-13-22-18-16(19(25)27)14(3)17(29-18)20(28)24-10-8-23(7-5-2)9-11-24/h13H,4-12H2,1-3H3,(H,21,26)/p+1. The number of quaternary nitrogens is 1. The number of aromatic nitrogens is 2. The summed E-state index contributed by atoms with van der Waals surface area (Å²) < 4.78 is 1.31. The topological polar surface area (TPSA) is 88.7 Å². The largest absolute Gasteiger partial charge is 0.355 e. The fourth-order valence-corrected chi connectivity index (χ4v) is 4.83. The molecule has 0 spiro atoms. The van der Waals surface area contributed by atoms with Crippen molar-refractivity contribution < 1.29 is 14.5 Å². The van der Waals surface area contributed by atoms with Crippen LogP contribution in [0, 0.1) is 6.92 Å². The van der Waals surface area contributed by atoms with Crippen LogP contribution in [0.25, 0.3) is 10.2 Å². The molecule has 3 heterocycles. The number of carbonyl (C=O) groups excluding carboxylic acids is 2. The van der Waals surface area contributed by atoms with E-state index < -0.39 is 0 Å². The lowest BCUT2D eigenvalue weighted by Gasteiger charge is -2.32. The van der Waals surface area contributed by atoms with Gasteiger partial charge in [0.05, 0.1) is 49.3 Å². The Kier molecular flexibility index (Phi) is 7.02. The lowest BCUT2D eigenvalue weighted by atomic mass is 10.2. The Hall–Kier alpha value is -2.26. The molecule has 2 amide bonds. The molecule has 1 aliphatic rings. The lowest BCUT2D eigenvalue weighted by molar-refractivity contribution is -0.904. The summed E-state index contributed by atoms with van der Waals surface area (Å²) >= 11 is 1.27. The number of rotatable bonds is 7. The van der Waals surface area contributed by atoms with Crippen molar-refractivity contribution in [1.29, 1.82) is 0 Å². The number of aryl methyl sites for hydroxylation is 1. The Labute approximate surface area is 174 Å². The number of nitrogens with zero attached hydrogens (tertiary/aromatic N) is 3. The predicted molar refractivity (Wildman–Crippen MR) is 114 cm³/mol. The second-order valence-electron chi connectivity index (χ2n) is 7.56. The van der Waals surface area contributed by atoms with Crippen molar-refractivity contribution in [3.05, 3.63) is 27.1 Å². The van der Waals surface area contributed by atoms with Crippen LogP contribution in [0.1, 0.15) is 41.9 Å². The summed E-state index contributed by atoms with van der Waals surface area (Å²) in [4.78, 5) is 46.9. The number of hydrogen-bond acceptors (Lipinski definition) is 5. The third-order valence-electron chi connectivity index (χ3n) is 5.36. The number of nitrogens with one attached hydrogen (secondary N) is 2. The molecule has 29 heavy (non-hydrogen) atoms. The van der Waals surface area contributed by atoms with Crippen LogP contribution in [0.4, 0.5) is 0 Å². The van der Waals surface area contributed by atoms with E-state index in [9.17, 15) is 14.4 Å². The molecule has 2 aromatic heterocycles. The Morgan fingerprint density at radius 2 is 1.97 bits per heavy atom. The maximum absolute atomic E-state index is 13.1. The van der Waals surface area contributed by atoms with Crippen LogP contribution < -0.4 is 15.8 Å². The normalized spacial score (nSPS) is 15.1. The van der Waals surface area contributed by atoms with Gasteiger partial charge in [0.25, 0.3) is 11.5 Å². The van der Waals surface area contributed by atoms with Crippen LogP contribution in [0.15, 0.2) is 11.1 Å². The van der Waals surface area contributed by atoms with E-state index >= 15 is 0 Å². The average Bonchev–Trinajstić information content (AvgIpc) is 3.06. The summed E-state index contributed by atoms with van der Waals surface area (Å²) in [5.41, 5.74) is 0.394. The highest BCUT2D eigenvalue weighted by molar-refractivity contribution is 7.20. The van der Waals surface area contributed by atoms with E-state index in [1.165, 1.54) is 27.1 Å². The Morgan fingerprint density at radius 3 is 2.62 bits per heavy atom. The molecule has 8 nitrogen and oxygen atoms in total. The first-order valence-electron chi connectivity index (χ1n) is 10.3. The van der Waals surface area contributed by atoms with Gasteiger partial charge in [0.15, 0.2) is 0 Å². The summed E-state index contributed by atoms with van der Waals surface area (Å²) in [7, 11) is 0. The van der Waals surface area contributed by atoms with E-state index in [0.29, 0.717) is 27.2 Å². The van der Waals surface area contributed by atoms with Gasteiger partial charge in [0, 0.05) is 6.54 Å². The lowest BCUT2D eigenvalue weighted by Crippen LogP contribution is -3.14. The van der Waals surface area contributed by atoms with Crippen LogP contribution in [-0.4, -0.2) is 65.5 Å². The molecule has 9 heteroatoms. The van der Waals surface area contributed by atoms with Gasteiger partial charge in [0.2, 0.25) is 5.91 Å². The number of thiophene rings is 1. The van der Waals surface area contributed by atoms with Gasteiger partial charge >= 0.3 is 0 Å². The fraction of sp³-hybridized carbons (Fsp3) is 0.600. The van der Waals surface area contributed by atoms with Gasteiger partial charge in [-0.25, -0.2) is 4.98 Å². The van der Waals surface area contributed by atoms with Crippen molar-refractivity contribution in [2.75, 3.05) is 39.3 Å². The zero-order valence-electron chi connectivity index (χ0n) is 17.4. The summed E-state index contributed by atoms with van der Waals surface area (Å²) in [6.45, 7) is 11.0. The summed E-state index contributed by atoms with van der Waals surface area (Å²) in [6.07, 6.45) is 3.38. The summed E-state index contributed by atoms with van der Waals surface area (Å²) in [5, 5.41) is 3.21. The van der Waals surface area contributed by atoms with E-state index in [2.05, 4.69) is 17.2 Å². The maximum Gasteiger partial charge on any atom is 0.264 e. The van der Waals surface area contributed by atoms with Gasteiger partial charge in [-0.2, -0.15) is 0 Å². The molecular formula is C20H30N5O3S+. The van der Waals surface area contributed by atoms with E-state index in [-0.39, 0.29) is 23.9 Å². The van der Waals surface area contributed by atoms with E-state index in [0.717, 1.165) is 45.6 Å². The molecule has 0 atom stereocenters. The number of piperazine rings is 1. The van der Waals surface area contributed by atoms with Crippen molar-refractivity contribution in [2.24, 2.45) is 0 Å².